The fraction of sp³-hybridized carbons (Fsp3) is 0.435. The molecule has 7 heteroatoms. The van der Waals surface area contributed by atoms with Crippen LogP contribution in [0.3, 0.4) is 0 Å². The van der Waals surface area contributed by atoms with Gasteiger partial charge in [0.1, 0.15) is 6.10 Å². The number of hydrogen-bond donors (Lipinski definition) is 0. The van der Waals surface area contributed by atoms with E-state index in [-0.39, 0.29) is 18.8 Å². The van der Waals surface area contributed by atoms with Gasteiger partial charge in [0.25, 0.3) is 0 Å². The second-order valence-corrected chi connectivity index (χ2v) is 7.90. The van der Waals surface area contributed by atoms with Gasteiger partial charge < -0.3 is 23.7 Å². The highest BCUT2D eigenvalue weighted by atomic mass is 16.7. The Hall–Kier alpha value is -2.93. The van der Waals surface area contributed by atoms with Crippen molar-refractivity contribution in [2.24, 2.45) is 0 Å². The molecule has 2 aromatic carbocycles. The number of carbonyl (C=O) groups is 1. The van der Waals surface area contributed by atoms with Crippen molar-refractivity contribution in [2.45, 2.75) is 38.5 Å². The predicted molar refractivity (Wildman–Crippen MR) is 108 cm³/mol. The van der Waals surface area contributed by atoms with Crippen LogP contribution in [0.4, 0.5) is 0 Å². The molecule has 0 saturated carbocycles. The summed E-state index contributed by atoms with van der Waals surface area (Å²) in [5.41, 5.74) is 4.55. The lowest BCUT2D eigenvalue weighted by molar-refractivity contribution is -0.150. The van der Waals surface area contributed by atoms with Crippen molar-refractivity contribution >= 4 is 5.97 Å². The molecule has 0 spiro atoms. The van der Waals surface area contributed by atoms with Crippen LogP contribution >= 0.6 is 0 Å². The number of carbonyl (C=O) groups excluding carboxylic acids is 1. The first-order valence-corrected chi connectivity index (χ1v) is 10.1. The van der Waals surface area contributed by atoms with Crippen molar-refractivity contribution in [1.29, 1.82) is 0 Å². The molecule has 0 bridgehead atoms. The molecule has 0 N–H and O–H groups in total. The Morgan fingerprint density at radius 1 is 1.00 bits per heavy atom. The van der Waals surface area contributed by atoms with Crippen molar-refractivity contribution in [2.75, 3.05) is 27.6 Å². The third kappa shape index (κ3) is 3.13. The molecule has 30 heavy (non-hydrogen) atoms. The minimum absolute atomic E-state index is 0.0288. The first-order chi connectivity index (χ1) is 14.6. The predicted octanol–water partition coefficient (Wildman–Crippen LogP) is 3.02. The summed E-state index contributed by atoms with van der Waals surface area (Å²) < 4.78 is 28.1. The number of nitrogens with zero attached hydrogens (tertiary/aromatic N) is 1. The molecule has 0 unspecified atom stereocenters. The average Bonchev–Trinajstić information content (AvgIpc) is 3.15. The van der Waals surface area contributed by atoms with Gasteiger partial charge in [-0.05, 0) is 53.8 Å². The molecule has 3 aliphatic rings. The quantitative estimate of drug-likeness (QED) is 0.720. The van der Waals surface area contributed by atoms with Crippen LogP contribution in [-0.2, 0) is 28.9 Å². The number of hydrogen-bond acceptors (Lipinski definition) is 7. The first-order valence-electron chi connectivity index (χ1n) is 10.1. The van der Waals surface area contributed by atoms with Gasteiger partial charge >= 0.3 is 5.97 Å². The van der Waals surface area contributed by atoms with Crippen LogP contribution in [0.5, 0.6) is 23.0 Å². The van der Waals surface area contributed by atoms with Crippen molar-refractivity contribution in [3.63, 3.8) is 0 Å². The Labute approximate surface area is 175 Å². The number of esters is 1. The fourth-order valence-corrected chi connectivity index (χ4v) is 4.81. The molecule has 7 nitrogen and oxygen atoms in total. The topological polar surface area (TPSA) is 66.5 Å². The molecule has 3 heterocycles. The number of benzene rings is 2. The Morgan fingerprint density at radius 3 is 2.40 bits per heavy atom. The van der Waals surface area contributed by atoms with E-state index >= 15 is 0 Å². The van der Waals surface area contributed by atoms with Crippen LogP contribution in [0.1, 0.15) is 35.3 Å². The van der Waals surface area contributed by atoms with Crippen LogP contribution in [0.25, 0.3) is 0 Å². The average molecular weight is 411 g/mol. The second kappa shape index (κ2) is 7.40. The van der Waals surface area contributed by atoms with Crippen LogP contribution in [0.15, 0.2) is 24.3 Å². The van der Waals surface area contributed by atoms with Gasteiger partial charge in [0.05, 0.1) is 20.3 Å². The van der Waals surface area contributed by atoms with Crippen molar-refractivity contribution in [1.82, 2.24) is 4.90 Å². The van der Waals surface area contributed by atoms with Gasteiger partial charge in [0.2, 0.25) is 6.79 Å². The van der Waals surface area contributed by atoms with Crippen molar-refractivity contribution in [3.8, 4) is 23.0 Å². The van der Waals surface area contributed by atoms with Gasteiger partial charge in [-0.1, -0.05) is 0 Å². The summed E-state index contributed by atoms with van der Waals surface area (Å²) >= 11 is 0. The fourth-order valence-electron chi connectivity index (χ4n) is 4.81. The van der Waals surface area contributed by atoms with E-state index in [9.17, 15) is 4.79 Å². The van der Waals surface area contributed by atoms with E-state index in [4.69, 9.17) is 23.7 Å². The van der Waals surface area contributed by atoms with Crippen LogP contribution in [-0.4, -0.2) is 44.5 Å². The zero-order valence-electron chi connectivity index (χ0n) is 17.4. The van der Waals surface area contributed by atoms with Crippen molar-refractivity contribution < 1.29 is 28.5 Å². The molecule has 2 aromatic rings. The standard InChI is InChI=1S/C23H25NO6/c1-13(25)30-23-17-10-20(27-3)19(26-2)7-14(17)4-5-24-11-16-9-22-21(28-12-29-22)8-15(16)6-18(23)24/h7-10,18,23H,4-6,11-12H2,1-3H3/t18-,23+/m0/s1. The lowest BCUT2D eigenvalue weighted by atomic mass is 9.88. The SMILES string of the molecule is COc1cc2c(cc1OC)[C@@H](OC(C)=O)[C@@H]1Cc3cc4c(cc3CN1CC2)OCO4. The molecular formula is C23H25NO6. The number of rotatable bonds is 3. The highest BCUT2D eigenvalue weighted by Gasteiger charge is 2.39. The summed E-state index contributed by atoms with van der Waals surface area (Å²) in [4.78, 5) is 14.5. The maximum Gasteiger partial charge on any atom is 0.303 e. The summed E-state index contributed by atoms with van der Waals surface area (Å²) in [7, 11) is 3.25. The zero-order valence-corrected chi connectivity index (χ0v) is 17.4. The normalized spacial score (nSPS) is 21.7. The molecule has 158 valence electrons. The maximum atomic E-state index is 12.1. The zero-order chi connectivity index (χ0) is 20.8. The molecule has 0 aliphatic carbocycles. The molecule has 0 radical (unpaired) electrons. The minimum Gasteiger partial charge on any atom is -0.493 e. The smallest absolute Gasteiger partial charge is 0.303 e. The van der Waals surface area contributed by atoms with Gasteiger partial charge in [-0.25, -0.2) is 0 Å². The highest BCUT2D eigenvalue weighted by Crippen LogP contribution is 2.44. The Kier molecular flexibility index (Phi) is 4.70. The van der Waals surface area contributed by atoms with Gasteiger partial charge in [-0.2, -0.15) is 0 Å². The summed E-state index contributed by atoms with van der Waals surface area (Å²) in [6, 6.07) is 8.15. The van der Waals surface area contributed by atoms with E-state index in [1.165, 1.54) is 18.1 Å². The highest BCUT2D eigenvalue weighted by molar-refractivity contribution is 5.67. The lowest BCUT2D eigenvalue weighted by Crippen LogP contribution is -2.44. The molecular weight excluding hydrogens is 386 g/mol. The number of fused-ring (bicyclic) bond motifs is 4. The van der Waals surface area contributed by atoms with E-state index in [1.807, 2.05) is 12.1 Å². The van der Waals surface area contributed by atoms with Crippen LogP contribution < -0.4 is 18.9 Å². The minimum atomic E-state index is -0.390. The van der Waals surface area contributed by atoms with Gasteiger partial charge in [-0.15, -0.1) is 0 Å². The summed E-state index contributed by atoms with van der Waals surface area (Å²) in [5.74, 6) is 2.62. The van der Waals surface area contributed by atoms with Crippen LogP contribution in [0.2, 0.25) is 0 Å². The molecule has 3 aliphatic heterocycles. The van der Waals surface area contributed by atoms with Crippen LogP contribution in [0, 0.1) is 0 Å². The molecule has 0 amide bonds. The van der Waals surface area contributed by atoms with Gasteiger partial charge in [0, 0.05) is 25.6 Å². The van der Waals surface area contributed by atoms with Gasteiger partial charge in [0.15, 0.2) is 23.0 Å². The van der Waals surface area contributed by atoms with Crippen molar-refractivity contribution in [3.05, 3.63) is 46.5 Å². The Bertz CT molecular complexity index is 1000. The first kappa shape index (κ1) is 19.1. The molecule has 5 rings (SSSR count). The summed E-state index contributed by atoms with van der Waals surface area (Å²) in [6.45, 7) is 3.36. The van der Waals surface area contributed by atoms with E-state index in [2.05, 4.69) is 17.0 Å². The second-order valence-electron chi connectivity index (χ2n) is 7.90. The Morgan fingerprint density at radius 2 is 1.70 bits per heavy atom. The lowest BCUT2D eigenvalue weighted by Gasteiger charge is -2.39. The van der Waals surface area contributed by atoms with E-state index in [0.717, 1.165) is 48.6 Å². The Balaban J connectivity index is 1.58. The number of ether oxygens (including phenoxy) is 5. The largest absolute Gasteiger partial charge is 0.493 e. The van der Waals surface area contributed by atoms with Gasteiger partial charge in [-0.3, -0.25) is 9.69 Å². The molecule has 0 fully saturated rings. The monoisotopic (exact) mass is 411 g/mol. The summed E-state index contributed by atoms with van der Waals surface area (Å²) in [6.07, 6.45) is 1.21. The third-order valence-electron chi connectivity index (χ3n) is 6.23. The van der Waals surface area contributed by atoms with E-state index in [1.54, 1.807) is 14.2 Å². The maximum absolute atomic E-state index is 12.1. The molecule has 0 aromatic heterocycles. The van der Waals surface area contributed by atoms with E-state index < -0.39 is 6.10 Å². The third-order valence-corrected chi connectivity index (χ3v) is 6.23. The van der Waals surface area contributed by atoms with E-state index in [0.29, 0.717) is 11.5 Å². The molecule has 0 saturated heterocycles. The number of methoxy groups -OCH3 is 2. The summed E-state index contributed by atoms with van der Waals surface area (Å²) in [5, 5.41) is 0. The molecule has 2 atom stereocenters.